The number of ether oxygens (including phenoxy) is 4. The molecule has 2 aromatic heterocycles. The van der Waals surface area contributed by atoms with Crippen molar-refractivity contribution in [3.8, 4) is 34.5 Å². The summed E-state index contributed by atoms with van der Waals surface area (Å²) in [6.07, 6.45) is -6.66. The van der Waals surface area contributed by atoms with E-state index in [9.17, 15) is 43.2 Å². The van der Waals surface area contributed by atoms with E-state index in [1.165, 1.54) is 77.1 Å². The number of aromatic nitrogens is 4. The second-order valence-corrected chi connectivity index (χ2v) is 19.6. The molecule has 0 fully saturated rings. The summed E-state index contributed by atoms with van der Waals surface area (Å²) in [6.45, 7) is 2.85. The molecule has 14 nitrogen and oxygen atoms in total. The van der Waals surface area contributed by atoms with Gasteiger partial charge in [0.15, 0.2) is 0 Å². The van der Waals surface area contributed by atoms with Gasteiger partial charge in [0, 0.05) is 34.7 Å². The molecule has 0 saturated heterocycles. The van der Waals surface area contributed by atoms with Crippen molar-refractivity contribution >= 4 is 76.6 Å². The highest BCUT2D eigenvalue weighted by molar-refractivity contribution is 7.93. The van der Waals surface area contributed by atoms with Crippen LogP contribution < -0.4 is 28.0 Å². The highest BCUT2D eigenvalue weighted by atomic mass is 35.5. The summed E-state index contributed by atoms with van der Waals surface area (Å²) in [5.41, 5.74) is -0.533. The Hall–Kier alpha value is -5.92. The molecule has 0 aliphatic heterocycles. The molecular formula is C41H32Cl2F6N6O8S4. The maximum atomic E-state index is 13.8. The number of alkyl halides is 6. The third-order valence-corrected chi connectivity index (χ3v) is 14.0. The highest BCUT2D eigenvalue weighted by Gasteiger charge is 2.33. The highest BCUT2D eigenvalue weighted by Crippen LogP contribution is 2.39. The first-order valence-electron chi connectivity index (χ1n) is 18.6. The molecule has 0 aliphatic carbocycles. The monoisotopic (exact) mass is 1050 g/mol. The Morgan fingerprint density at radius 1 is 0.627 bits per heavy atom. The van der Waals surface area contributed by atoms with Crippen LogP contribution in [0.1, 0.15) is 27.8 Å². The van der Waals surface area contributed by atoms with E-state index in [1.54, 1.807) is 18.2 Å². The number of nitrogens with one attached hydrogen (secondary N) is 1. The minimum absolute atomic E-state index is 0.00950. The van der Waals surface area contributed by atoms with Crippen molar-refractivity contribution in [2.24, 2.45) is 0 Å². The molecule has 7 aromatic rings. The summed E-state index contributed by atoms with van der Waals surface area (Å²) in [5, 5.41) is -0.0276. The first kappa shape index (κ1) is 50.5. The summed E-state index contributed by atoms with van der Waals surface area (Å²) in [7, 11) is -5.25. The lowest BCUT2D eigenvalue weighted by atomic mass is 10.1. The number of hydrogen-bond donors (Lipinski definition) is 1. The van der Waals surface area contributed by atoms with Crippen molar-refractivity contribution in [3.63, 3.8) is 0 Å². The Kier molecular flexibility index (Phi) is 15.5. The van der Waals surface area contributed by atoms with Crippen LogP contribution >= 0.6 is 46.3 Å². The molecule has 0 aliphatic rings. The first-order valence-corrected chi connectivity index (χ1v) is 23.8. The lowest BCUT2D eigenvalue weighted by Crippen LogP contribution is -2.30. The van der Waals surface area contributed by atoms with E-state index < -0.39 is 43.5 Å². The molecule has 354 valence electrons. The van der Waals surface area contributed by atoms with Gasteiger partial charge in [-0.25, -0.2) is 31.1 Å². The quantitative estimate of drug-likeness (QED) is 0.102. The smallest absolute Gasteiger partial charge is 0.416 e. The van der Waals surface area contributed by atoms with Crippen molar-refractivity contribution in [3.05, 3.63) is 142 Å². The van der Waals surface area contributed by atoms with Gasteiger partial charge in [-0.05, 0) is 110 Å². The van der Waals surface area contributed by atoms with Gasteiger partial charge in [-0.15, -0.1) is 0 Å². The van der Waals surface area contributed by atoms with Gasteiger partial charge in [-0.3, -0.25) is 4.72 Å². The molecule has 5 aromatic carbocycles. The normalized spacial score (nSPS) is 11.9. The number of halogens is 8. The van der Waals surface area contributed by atoms with Gasteiger partial charge in [0.05, 0.1) is 51.7 Å². The fraction of sp³-hybridized carbons (Fsp3) is 0.171. The maximum absolute atomic E-state index is 13.8. The van der Waals surface area contributed by atoms with E-state index in [4.69, 9.17) is 42.1 Å². The Morgan fingerprint density at radius 3 is 1.64 bits per heavy atom. The number of benzene rings is 5. The van der Waals surface area contributed by atoms with Gasteiger partial charge >= 0.3 is 12.4 Å². The summed E-state index contributed by atoms with van der Waals surface area (Å²) in [5.74, 6) is 0.749. The zero-order valence-electron chi connectivity index (χ0n) is 34.7. The van der Waals surface area contributed by atoms with Gasteiger partial charge in [0.2, 0.25) is 10.3 Å². The molecule has 1 N–H and O–H groups in total. The van der Waals surface area contributed by atoms with Gasteiger partial charge in [0.1, 0.15) is 47.2 Å². The Bertz CT molecular complexity index is 3090. The average molecular weight is 1050 g/mol. The second kappa shape index (κ2) is 20.5. The molecule has 0 radical (unpaired) electrons. The molecular weight excluding hydrogens is 1020 g/mol. The van der Waals surface area contributed by atoms with E-state index >= 15 is 0 Å². The van der Waals surface area contributed by atoms with E-state index in [2.05, 4.69) is 23.4 Å². The van der Waals surface area contributed by atoms with E-state index in [0.717, 1.165) is 63.8 Å². The van der Waals surface area contributed by atoms with Crippen molar-refractivity contribution in [2.45, 2.75) is 42.5 Å². The number of rotatable bonds is 14. The number of aryl methyl sites for hydroxylation is 2. The van der Waals surface area contributed by atoms with Crippen LogP contribution in [-0.4, -0.2) is 49.8 Å². The Labute approximate surface area is 397 Å². The zero-order valence-corrected chi connectivity index (χ0v) is 39.5. The first-order chi connectivity index (χ1) is 31.5. The summed E-state index contributed by atoms with van der Waals surface area (Å²) in [6, 6.07) is 18.7. The third kappa shape index (κ3) is 12.7. The van der Waals surface area contributed by atoms with Crippen LogP contribution in [0.4, 0.5) is 36.6 Å². The van der Waals surface area contributed by atoms with Crippen LogP contribution in [0.25, 0.3) is 0 Å². The number of sulfonamides is 2. The molecule has 0 atom stereocenters. The van der Waals surface area contributed by atoms with Crippen LogP contribution in [0, 0.1) is 13.8 Å². The van der Waals surface area contributed by atoms with Crippen molar-refractivity contribution < 1.29 is 62.1 Å². The molecule has 7 rings (SSSR count). The van der Waals surface area contributed by atoms with Crippen molar-refractivity contribution in [1.82, 2.24) is 18.7 Å². The van der Waals surface area contributed by atoms with Gasteiger partial charge in [0.25, 0.3) is 20.0 Å². The number of methoxy groups -OCH3 is 2. The van der Waals surface area contributed by atoms with Gasteiger partial charge in [-0.1, -0.05) is 23.2 Å². The number of hydrogen-bond acceptors (Lipinski definition) is 14. The maximum Gasteiger partial charge on any atom is 0.416 e. The van der Waals surface area contributed by atoms with Gasteiger partial charge < -0.3 is 18.9 Å². The largest absolute Gasteiger partial charge is 0.497 e. The van der Waals surface area contributed by atoms with Gasteiger partial charge in [-0.2, -0.15) is 35.1 Å². The predicted octanol–water partition coefficient (Wildman–Crippen LogP) is 11.8. The SMILES string of the molecule is COc1ccc(CN(c2ncns2)S(=O)(=O)c2ccc(Oc3cc(C)cc(C(F)(F)F)c3)c(Cl)c2)c(OC)c1.Cc1cc(Oc2ccc(S(=O)(=O)Nc3ncns3)cc2Cl)cc(C(F)(F)F)c1. The molecule has 0 saturated carbocycles. The minimum atomic E-state index is -4.56. The van der Waals surface area contributed by atoms with E-state index in [0.29, 0.717) is 28.2 Å². The Morgan fingerprint density at radius 2 is 1.16 bits per heavy atom. The van der Waals surface area contributed by atoms with Crippen molar-refractivity contribution in [1.29, 1.82) is 0 Å². The summed E-state index contributed by atoms with van der Waals surface area (Å²) in [4.78, 5) is 7.43. The van der Waals surface area contributed by atoms with Crippen LogP contribution in [0.15, 0.2) is 113 Å². The second-order valence-electron chi connectivity index (χ2n) is 13.7. The molecule has 0 spiro atoms. The number of anilines is 2. The lowest BCUT2D eigenvalue weighted by Gasteiger charge is -2.23. The van der Waals surface area contributed by atoms with Crippen LogP contribution in [-0.2, 0) is 38.9 Å². The lowest BCUT2D eigenvalue weighted by molar-refractivity contribution is -0.138. The zero-order chi connectivity index (χ0) is 48.9. The molecule has 0 amide bonds. The third-order valence-electron chi connectivity index (χ3n) is 8.87. The molecule has 2 heterocycles. The molecule has 26 heteroatoms. The fourth-order valence-corrected chi connectivity index (χ4v) is 10.3. The fourth-order valence-electron chi connectivity index (χ4n) is 5.84. The summed E-state index contributed by atoms with van der Waals surface area (Å²) >= 11 is 14.1. The Balaban J connectivity index is 0.000000233. The summed E-state index contributed by atoms with van der Waals surface area (Å²) < 4.78 is 163. The molecule has 0 bridgehead atoms. The van der Waals surface area contributed by atoms with Crippen molar-refractivity contribution in [2.75, 3.05) is 23.2 Å². The van der Waals surface area contributed by atoms with E-state index in [-0.39, 0.29) is 59.6 Å². The van der Waals surface area contributed by atoms with Crippen LogP contribution in [0.3, 0.4) is 0 Å². The molecule has 0 unspecified atom stereocenters. The van der Waals surface area contributed by atoms with Crippen LogP contribution in [0.5, 0.6) is 34.5 Å². The minimum Gasteiger partial charge on any atom is -0.497 e. The molecule has 67 heavy (non-hydrogen) atoms. The topological polar surface area (TPSA) is 172 Å². The standard InChI is InChI=1S/C25H21ClF3N3O5S2.C16H11ClF3N3O3S2/c1-15-8-17(25(27,28)29)10-19(9-15)37-22-7-6-20(12-21(22)26)39(33,34)32(24-30-14-31-38-24)13-16-4-5-18(35-2)11-23(16)36-3;1-9-4-10(16(18,19)20)6-11(5-9)26-14-3-2-12(7-13(14)17)28(24,25)23-15-21-8-22-27-15/h4-12,14H,13H2,1-3H3;2-8H,1H3,(H,21,22,23). The van der Waals surface area contributed by atoms with E-state index in [1.807, 2.05) is 0 Å². The average Bonchev–Trinajstić information content (AvgIpc) is 3.98. The number of nitrogens with zero attached hydrogens (tertiary/aromatic N) is 5. The van der Waals surface area contributed by atoms with Crippen LogP contribution in [0.2, 0.25) is 10.0 Å². The predicted molar refractivity (Wildman–Crippen MR) is 239 cm³/mol.